The van der Waals surface area contributed by atoms with Crippen LogP contribution in [0.15, 0.2) is 0 Å². The summed E-state index contributed by atoms with van der Waals surface area (Å²) in [5, 5.41) is 0. The molecule has 0 rings (SSSR count). The molecule has 0 aromatic rings. The fraction of sp³-hybridized carbons (Fsp3) is 0. The van der Waals surface area contributed by atoms with Crippen molar-refractivity contribution in [2.75, 3.05) is 0 Å². The van der Waals surface area contributed by atoms with E-state index in [0.29, 0.717) is 0 Å². The second kappa shape index (κ2) is 18.2. The average molecular weight is 275 g/mol. The summed E-state index contributed by atoms with van der Waals surface area (Å²) in [4.78, 5) is 0. The standard InChI is InChI=1S/BH3Si.Ce.Nb/c1-2;;/h2H3;;. The van der Waals surface area contributed by atoms with Gasteiger partial charge in [0, 0.05) is 71.6 Å². The molecule has 0 N–H and O–H groups in total. The zero-order valence-corrected chi connectivity index (χ0v) is 9.86. The van der Waals surface area contributed by atoms with Gasteiger partial charge >= 0.3 is 0 Å². The third-order valence-corrected chi connectivity index (χ3v) is 0. The Bertz CT molecular complexity index is 8.00. The molecule has 19 valence electrons. The van der Waals surface area contributed by atoms with E-state index in [4.69, 9.17) is 0 Å². The van der Waals surface area contributed by atoms with Crippen LogP contribution >= 0.6 is 0 Å². The van der Waals surface area contributed by atoms with Crippen molar-refractivity contribution < 1.29 is 64.1 Å². The molecule has 0 saturated heterocycles. The van der Waals surface area contributed by atoms with Gasteiger partial charge in [0.25, 0.3) is 0 Å². The van der Waals surface area contributed by atoms with Crippen LogP contribution in [-0.2, 0) is 22.4 Å². The minimum Gasteiger partial charge on any atom is -0.0388 e. The molecule has 0 nitrogen and oxygen atoms in total. The summed E-state index contributed by atoms with van der Waals surface area (Å²) in [5.41, 5.74) is 0. The molecule has 0 aromatic heterocycles. The maximum Gasteiger partial charge on any atom is 0.0434 e. The van der Waals surface area contributed by atoms with Gasteiger partial charge in [-0.15, -0.1) is 0 Å². The molecule has 0 bridgehead atoms. The van der Waals surface area contributed by atoms with Crippen molar-refractivity contribution in [3.8, 4) is 0 Å². The Labute approximate surface area is 80.2 Å². The van der Waals surface area contributed by atoms with Crippen LogP contribution in [0.1, 0.15) is 0 Å². The predicted octanol–water partition coefficient (Wildman–Crippen LogP) is -1.57. The maximum atomic E-state index is 4.64. The first kappa shape index (κ1) is 16.1. The largest absolute Gasteiger partial charge is 0.0434 e. The number of hydrogen-bond donors (Lipinski definition) is 0. The van der Waals surface area contributed by atoms with E-state index in [0.717, 1.165) is 10.1 Å². The summed E-state index contributed by atoms with van der Waals surface area (Å²) < 4.78 is 0. The summed E-state index contributed by atoms with van der Waals surface area (Å²) in [7, 11) is 5.44. The topological polar surface area (TPSA) is 0 Å². The molecule has 0 aliphatic rings. The normalized spacial score (nSPS) is 2.00. The van der Waals surface area contributed by atoms with E-state index in [9.17, 15) is 0 Å². The van der Waals surface area contributed by atoms with Crippen molar-refractivity contribution in [3.63, 3.8) is 0 Å². The smallest absolute Gasteiger partial charge is 0.0388 e. The summed E-state index contributed by atoms with van der Waals surface area (Å²) in [6.45, 7) is 0. The van der Waals surface area contributed by atoms with Crippen LogP contribution in [-0.4, -0.2) is 17.6 Å². The first-order valence-electron chi connectivity index (χ1n) is 0.577. The van der Waals surface area contributed by atoms with Crippen molar-refractivity contribution in [1.29, 1.82) is 0 Å². The number of hydrogen-bond acceptors (Lipinski definition) is 0. The van der Waals surface area contributed by atoms with Gasteiger partial charge in [-0.05, 0) is 10.1 Å². The van der Waals surface area contributed by atoms with Crippen molar-refractivity contribution in [2.45, 2.75) is 0 Å². The first-order chi connectivity index (χ1) is 1.00. The van der Waals surface area contributed by atoms with Gasteiger partial charge < -0.3 is 0 Å². The molecule has 0 aliphatic carbocycles. The maximum absolute atomic E-state index is 4.64. The molecule has 0 spiro atoms. The fourth-order valence-corrected chi connectivity index (χ4v) is 0. The fourth-order valence-electron chi connectivity index (χ4n) is 0. The zero-order valence-electron chi connectivity index (χ0n) is 2.52. The van der Waals surface area contributed by atoms with E-state index in [-0.39, 0.29) is 64.1 Å². The predicted molar refractivity (Wildman–Crippen MR) is 15.7 cm³/mol. The zero-order chi connectivity index (χ0) is 2.00. The second-order valence-corrected chi connectivity index (χ2v) is 0. The average Bonchev–Trinajstić information content (AvgIpc) is 1.00. The molecule has 0 fully saturated rings. The molecule has 0 unspecified atom stereocenters. The second-order valence-electron chi connectivity index (χ2n) is 0. The Balaban J connectivity index is -0.00000000500. The van der Waals surface area contributed by atoms with E-state index < -0.39 is 0 Å². The Morgan fingerprint density at radius 1 is 1.25 bits per heavy atom. The monoisotopic (exact) mass is 275 g/mol. The van der Waals surface area contributed by atoms with E-state index in [1.165, 1.54) is 0 Å². The SMILES string of the molecule is [B][SiH3].[Ce].[Nb]. The van der Waals surface area contributed by atoms with E-state index in [1.54, 1.807) is 0 Å². The summed E-state index contributed by atoms with van der Waals surface area (Å²) >= 11 is 0. The Kier molecular flexibility index (Phi) is 73.3. The van der Waals surface area contributed by atoms with Gasteiger partial charge in [-0.3, -0.25) is 0 Å². The molecule has 4 heavy (non-hydrogen) atoms. The first-order valence-corrected chi connectivity index (χ1v) is 1.73. The van der Waals surface area contributed by atoms with Gasteiger partial charge in [-0.1, -0.05) is 0 Å². The molecule has 4 heteroatoms. The molecular formula is H3BCeNbSi. The third-order valence-electron chi connectivity index (χ3n) is 0. The minimum atomic E-state index is 0. The minimum absolute atomic E-state index is 0. The van der Waals surface area contributed by atoms with Crippen molar-refractivity contribution in [3.05, 3.63) is 0 Å². The molecule has 0 aromatic carbocycles. The Morgan fingerprint density at radius 2 is 1.25 bits per heavy atom. The van der Waals surface area contributed by atoms with E-state index >= 15 is 0 Å². The van der Waals surface area contributed by atoms with Gasteiger partial charge in [0.05, 0.1) is 0 Å². The van der Waals surface area contributed by atoms with Gasteiger partial charge in [0.1, 0.15) is 0 Å². The number of rotatable bonds is 0. The van der Waals surface area contributed by atoms with Crippen LogP contribution in [0.2, 0.25) is 0 Å². The van der Waals surface area contributed by atoms with Gasteiger partial charge in [-0.2, -0.15) is 0 Å². The molecule has 0 amide bonds. The van der Waals surface area contributed by atoms with Crippen LogP contribution in [0.4, 0.5) is 0 Å². The Hall–Kier alpha value is 2.40. The van der Waals surface area contributed by atoms with Crippen molar-refractivity contribution in [2.24, 2.45) is 0 Å². The van der Waals surface area contributed by atoms with Crippen molar-refractivity contribution >= 4 is 17.6 Å². The molecule has 3 radical (unpaired) electrons. The molecular weight excluding hydrogens is 272 g/mol. The van der Waals surface area contributed by atoms with E-state index in [1.807, 2.05) is 0 Å². The van der Waals surface area contributed by atoms with Crippen molar-refractivity contribution in [1.82, 2.24) is 0 Å². The summed E-state index contributed by atoms with van der Waals surface area (Å²) in [6.07, 6.45) is 0. The quantitative estimate of drug-likeness (QED) is 0.469. The molecule has 0 heterocycles. The van der Waals surface area contributed by atoms with Crippen LogP contribution in [0.25, 0.3) is 0 Å². The van der Waals surface area contributed by atoms with E-state index in [2.05, 4.69) is 7.44 Å². The van der Waals surface area contributed by atoms with Gasteiger partial charge in [0.2, 0.25) is 0 Å². The third kappa shape index (κ3) is 8.83. The van der Waals surface area contributed by atoms with Gasteiger partial charge in [0.15, 0.2) is 0 Å². The molecule has 0 aliphatic heterocycles. The van der Waals surface area contributed by atoms with Crippen LogP contribution in [0.5, 0.6) is 0 Å². The van der Waals surface area contributed by atoms with Gasteiger partial charge in [-0.25, -0.2) is 0 Å². The van der Waals surface area contributed by atoms with Crippen LogP contribution < -0.4 is 0 Å². The Morgan fingerprint density at radius 3 is 1.25 bits per heavy atom. The summed E-state index contributed by atoms with van der Waals surface area (Å²) in [5.74, 6) is 0. The van der Waals surface area contributed by atoms with Crippen LogP contribution in [0.3, 0.4) is 0 Å². The summed E-state index contributed by atoms with van der Waals surface area (Å²) in [6, 6.07) is 0. The molecule has 0 atom stereocenters. The molecule has 0 saturated carbocycles. The van der Waals surface area contributed by atoms with Crippen LogP contribution in [0, 0.1) is 41.7 Å².